The van der Waals surface area contributed by atoms with Crippen LogP contribution in [-0.4, -0.2) is 32.6 Å². The van der Waals surface area contributed by atoms with Crippen LogP contribution >= 0.6 is 11.6 Å². The van der Waals surface area contributed by atoms with Gasteiger partial charge in [0.05, 0.1) is 11.9 Å². The molecule has 3 aromatic heterocycles. The Balaban J connectivity index is 1.48. The van der Waals surface area contributed by atoms with E-state index in [2.05, 4.69) is 25.6 Å². The Bertz CT molecular complexity index is 917. The topological polar surface area (TPSA) is 84.7 Å². The van der Waals surface area contributed by atoms with E-state index < -0.39 is 0 Å². The van der Waals surface area contributed by atoms with E-state index in [9.17, 15) is 4.79 Å². The molecule has 0 saturated heterocycles. The van der Waals surface area contributed by atoms with Crippen LogP contribution in [0.1, 0.15) is 17.8 Å². The standard InChI is InChI=1S/C20H23ClN6O/c21-18-15-26-19(25-12-8-16-6-1-3-10-23-16)20(28)27(18)13-5-9-22-14-17-7-2-4-11-24-17/h1-4,6-7,10-11,15,22H,5,8-9,12-14H2,(H,25,26). The van der Waals surface area contributed by atoms with Gasteiger partial charge in [-0.2, -0.15) is 0 Å². The predicted molar refractivity (Wildman–Crippen MR) is 110 cm³/mol. The van der Waals surface area contributed by atoms with Crippen LogP contribution in [-0.2, 0) is 19.5 Å². The highest BCUT2D eigenvalue weighted by atomic mass is 35.5. The Morgan fingerprint density at radius 1 is 0.964 bits per heavy atom. The van der Waals surface area contributed by atoms with Crippen LogP contribution in [0.2, 0.25) is 5.15 Å². The summed E-state index contributed by atoms with van der Waals surface area (Å²) in [7, 11) is 0. The first-order valence-electron chi connectivity index (χ1n) is 9.24. The van der Waals surface area contributed by atoms with Crippen molar-refractivity contribution >= 4 is 17.4 Å². The van der Waals surface area contributed by atoms with Crippen LogP contribution < -0.4 is 16.2 Å². The first-order chi connectivity index (χ1) is 13.7. The van der Waals surface area contributed by atoms with Gasteiger partial charge >= 0.3 is 0 Å². The molecule has 0 atom stereocenters. The highest BCUT2D eigenvalue weighted by Gasteiger charge is 2.09. The zero-order chi connectivity index (χ0) is 19.6. The summed E-state index contributed by atoms with van der Waals surface area (Å²) in [5.74, 6) is 0.307. The molecule has 0 aromatic carbocycles. The van der Waals surface area contributed by atoms with Gasteiger partial charge in [0.1, 0.15) is 5.15 Å². The Morgan fingerprint density at radius 3 is 2.43 bits per heavy atom. The van der Waals surface area contributed by atoms with Crippen molar-refractivity contribution in [1.82, 2.24) is 24.8 Å². The van der Waals surface area contributed by atoms with E-state index >= 15 is 0 Å². The van der Waals surface area contributed by atoms with Crippen molar-refractivity contribution in [2.24, 2.45) is 0 Å². The normalized spacial score (nSPS) is 10.8. The van der Waals surface area contributed by atoms with Crippen molar-refractivity contribution in [2.75, 3.05) is 18.4 Å². The van der Waals surface area contributed by atoms with Crippen LogP contribution in [0.4, 0.5) is 5.82 Å². The minimum atomic E-state index is -0.210. The fraction of sp³-hybridized carbons (Fsp3) is 0.300. The van der Waals surface area contributed by atoms with Crippen LogP contribution in [0.25, 0.3) is 0 Å². The molecule has 7 nitrogen and oxygen atoms in total. The summed E-state index contributed by atoms with van der Waals surface area (Å²) in [6, 6.07) is 11.6. The molecule has 8 heteroatoms. The highest BCUT2D eigenvalue weighted by molar-refractivity contribution is 6.29. The molecular weight excluding hydrogens is 376 g/mol. The van der Waals surface area contributed by atoms with Crippen LogP contribution in [0, 0.1) is 0 Å². The van der Waals surface area contributed by atoms with E-state index in [1.165, 1.54) is 6.20 Å². The first kappa shape index (κ1) is 20.0. The molecule has 2 N–H and O–H groups in total. The average Bonchev–Trinajstić information content (AvgIpc) is 2.73. The summed E-state index contributed by atoms with van der Waals surface area (Å²) in [5, 5.41) is 6.74. The molecule has 3 aromatic rings. The molecule has 0 unspecified atom stereocenters. The van der Waals surface area contributed by atoms with E-state index in [-0.39, 0.29) is 5.56 Å². The second kappa shape index (κ2) is 10.5. The number of hydrogen-bond acceptors (Lipinski definition) is 6. The molecule has 0 aliphatic heterocycles. The maximum Gasteiger partial charge on any atom is 0.294 e. The van der Waals surface area contributed by atoms with Gasteiger partial charge in [-0.15, -0.1) is 0 Å². The molecule has 0 fully saturated rings. The van der Waals surface area contributed by atoms with Crippen LogP contribution in [0.5, 0.6) is 0 Å². The summed E-state index contributed by atoms with van der Waals surface area (Å²) in [6.45, 7) is 2.54. The molecule has 3 rings (SSSR count). The zero-order valence-electron chi connectivity index (χ0n) is 15.5. The maximum atomic E-state index is 12.6. The maximum absolute atomic E-state index is 12.6. The first-order valence-corrected chi connectivity index (χ1v) is 9.61. The quantitative estimate of drug-likeness (QED) is 0.510. The van der Waals surface area contributed by atoms with Gasteiger partial charge in [-0.1, -0.05) is 23.7 Å². The average molecular weight is 399 g/mol. The van der Waals surface area contributed by atoms with E-state index in [0.29, 0.717) is 37.0 Å². The zero-order valence-corrected chi connectivity index (χ0v) is 16.3. The van der Waals surface area contributed by atoms with Crippen LogP contribution in [0.3, 0.4) is 0 Å². The summed E-state index contributed by atoms with van der Waals surface area (Å²) < 4.78 is 1.54. The van der Waals surface area contributed by atoms with Crippen LogP contribution in [0.15, 0.2) is 59.8 Å². The largest absolute Gasteiger partial charge is 0.365 e. The molecule has 0 aliphatic rings. The van der Waals surface area contributed by atoms with Gasteiger partial charge in [0.15, 0.2) is 5.82 Å². The lowest BCUT2D eigenvalue weighted by molar-refractivity contribution is 0.566. The fourth-order valence-electron chi connectivity index (χ4n) is 2.73. The number of halogens is 1. The summed E-state index contributed by atoms with van der Waals surface area (Å²) in [6.07, 6.45) is 6.51. The summed E-state index contributed by atoms with van der Waals surface area (Å²) in [4.78, 5) is 25.3. The van der Waals surface area contributed by atoms with E-state index in [1.807, 2.05) is 36.4 Å². The number of nitrogens with one attached hydrogen (secondary N) is 2. The number of nitrogens with zero attached hydrogens (tertiary/aromatic N) is 4. The lowest BCUT2D eigenvalue weighted by Gasteiger charge is -2.11. The number of hydrogen-bond donors (Lipinski definition) is 2. The third-order valence-corrected chi connectivity index (χ3v) is 4.47. The second-order valence-electron chi connectivity index (χ2n) is 6.24. The molecule has 0 spiro atoms. The lowest BCUT2D eigenvalue weighted by Crippen LogP contribution is -2.27. The van der Waals surface area contributed by atoms with Gasteiger partial charge in [0.2, 0.25) is 0 Å². The van der Waals surface area contributed by atoms with E-state index in [4.69, 9.17) is 11.6 Å². The Hall–Kier alpha value is -2.77. The van der Waals surface area contributed by atoms with Crippen molar-refractivity contribution in [2.45, 2.75) is 25.9 Å². The van der Waals surface area contributed by atoms with Gasteiger partial charge < -0.3 is 10.6 Å². The second-order valence-corrected chi connectivity index (χ2v) is 6.62. The molecule has 146 valence electrons. The van der Waals surface area contributed by atoms with Crippen molar-refractivity contribution in [1.29, 1.82) is 0 Å². The minimum Gasteiger partial charge on any atom is -0.365 e. The molecule has 3 heterocycles. The predicted octanol–water partition coefficient (Wildman–Crippen LogP) is 2.52. The highest BCUT2D eigenvalue weighted by Crippen LogP contribution is 2.07. The molecule has 0 bridgehead atoms. The fourth-order valence-corrected chi connectivity index (χ4v) is 2.94. The van der Waals surface area contributed by atoms with Crippen molar-refractivity contribution < 1.29 is 0 Å². The monoisotopic (exact) mass is 398 g/mol. The molecule has 0 radical (unpaired) electrons. The molecule has 0 aliphatic carbocycles. The third kappa shape index (κ3) is 5.87. The molecule has 28 heavy (non-hydrogen) atoms. The third-order valence-electron chi connectivity index (χ3n) is 4.17. The number of aromatic nitrogens is 4. The smallest absolute Gasteiger partial charge is 0.294 e. The van der Waals surface area contributed by atoms with Crippen molar-refractivity contribution in [3.05, 3.63) is 81.9 Å². The van der Waals surface area contributed by atoms with Crippen molar-refractivity contribution in [3.8, 4) is 0 Å². The SMILES string of the molecule is O=c1c(NCCc2ccccn2)ncc(Cl)n1CCCNCc1ccccn1. The Labute approximate surface area is 168 Å². The van der Waals surface area contributed by atoms with Gasteiger partial charge in [-0.3, -0.25) is 19.3 Å². The summed E-state index contributed by atoms with van der Waals surface area (Å²) in [5.41, 5.74) is 1.74. The van der Waals surface area contributed by atoms with E-state index in [0.717, 1.165) is 24.4 Å². The summed E-state index contributed by atoms with van der Waals surface area (Å²) >= 11 is 6.17. The molecule has 0 amide bonds. The van der Waals surface area contributed by atoms with Crippen molar-refractivity contribution in [3.63, 3.8) is 0 Å². The van der Waals surface area contributed by atoms with Gasteiger partial charge in [-0.25, -0.2) is 4.98 Å². The molecule has 0 saturated carbocycles. The Kier molecular flexibility index (Phi) is 7.52. The van der Waals surface area contributed by atoms with E-state index in [1.54, 1.807) is 17.0 Å². The number of anilines is 1. The molecular formula is C20H23ClN6O. The Morgan fingerprint density at radius 2 is 1.71 bits per heavy atom. The van der Waals surface area contributed by atoms with Gasteiger partial charge in [-0.05, 0) is 37.2 Å². The minimum absolute atomic E-state index is 0.210. The van der Waals surface area contributed by atoms with Gasteiger partial charge in [0, 0.05) is 44.1 Å². The lowest BCUT2D eigenvalue weighted by atomic mass is 10.3. The number of rotatable bonds is 10. The van der Waals surface area contributed by atoms with Gasteiger partial charge in [0.25, 0.3) is 5.56 Å². The number of pyridine rings is 2.